The van der Waals surface area contributed by atoms with Crippen LogP contribution in [0.15, 0.2) is 185 Å². The fourth-order valence-electron chi connectivity index (χ4n) is 9.61. The van der Waals surface area contributed by atoms with Crippen molar-refractivity contribution in [1.29, 1.82) is 0 Å². The zero-order valence-corrected chi connectivity index (χ0v) is 55.6. The van der Waals surface area contributed by atoms with E-state index in [1.807, 2.05) is 107 Å². The van der Waals surface area contributed by atoms with Crippen LogP contribution in [0, 0.1) is 73.8 Å². The summed E-state index contributed by atoms with van der Waals surface area (Å²) in [6, 6.07) is 39.2. The second kappa shape index (κ2) is 34.9. The quantitative estimate of drug-likeness (QED) is 0.0594. The van der Waals surface area contributed by atoms with Crippen molar-refractivity contribution in [2.24, 2.45) is 32.3 Å². The normalized spacial score (nSPS) is 15.1. The van der Waals surface area contributed by atoms with Crippen molar-refractivity contribution in [2.45, 2.75) is 135 Å². The first-order valence-electron chi connectivity index (χ1n) is 30.8. The van der Waals surface area contributed by atoms with E-state index in [1.165, 1.54) is 61.6 Å². The van der Waals surface area contributed by atoms with Gasteiger partial charge in [-0.05, 0) is 151 Å². The Morgan fingerprint density at radius 3 is 1.48 bits per heavy atom. The van der Waals surface area contributed by atoms with E-state index in [9.17, 15) is 9.59 Å². The minimum absolute atomic E-state index is 0. The zero-order valence-electron chi connectivity index (χ0n) is 54.6. The van der Waals surface area contributed by atoms with E-state index in [4.69, 9.17) is 6.57 Å². The Kier molecular flexibility index (Phi) is 27.0. The number of benzene rings is 3. The topological polar surface area (TPSA) is 190 Å². The van der Waals surface area contributed by atoms with Crippen LogP contribution in [0.3, 0.4) is 0 Å². The fourth-order valence-corrected chi connectivity index (χ4v) is 9.61. The van der Waals surface area contributed by atoms with E-state index in [0.29, 0.717) is 57.1 Å². The minimum Gasteiger partial charge on any atom is -0.442 e. The molecule has 6 heterocycles. The van der Waals surface area contributed by atoms with Crippen LogP contribution in [0.4, 0.5) is 28.8 Å². The van der Waals surface area contributed by atoms with Crippen molar-refractivity contribution in [2.75, 3.05) is 0 Å². The Bertz CT molecular complexity index is 3910. The smallest absolute Gasteiger partial charge is 0.442 e. The summed E-state index contributed by atoms with van der Waals surface area (Å²) in [6.07, 6.45) is 19.3. The van der Waals surface area contributed by atoms with Crippen molar-refractivity contribution in [3.05, 3.63) is 254 Å². The largest absolute Gasteiger partial charge is 2.00 e. The van der Waals surface area contributed by atoms with Crippen molar-refractivity contribution in [3.8, 4) is 5.69 Å². The van der Waals surface area contributed by atoms with E-state index in [-0.39, 0.29) is 28.1 Å². The molecule has 470 valence electrons. The van der Waals surface area contributed by atoms with Gasteiger partial charge in [-0.1, -0.05) is 187 Å². The van der Waals surface area contributed by atoms with Crippen molar-refractivity contribution in [3.63, 3.8) is 0 Å². The molecule has 0 atom stereocenters. The first kappa shape index (κ1) is 70.4. The van der Waals surface area contributed by atoms with Gasteiger partial charge in [-0.2, -0.15) is 5.10 Å². The average Bonchev–Trinajstić information content (AvgIpc) is 2.10. The summed E-state index contributed by atoms with van der Waals surface area (Å²) in [4.78, 5) is 44.6. The van der Waals surface area contributed by atoms with Gasteiger partial charge in [0, 0.05) is 29.0 Å². The SMILES string of the molecule is CC1CCC(C)CC1.CCC.Cc1cc2c(nc1C)C(=N[N-]c1ccccn1)C=CC2=O.Cc1cc2c(nc1C)C(=N[N-]c1ccccn1)C=CC2=O.Cc1ccc(C)cc1.[C-]#[N+]c1cnn(-c2ccc(C)cc2)c1N=Nc1c(C)n(CCC)c2ccccc12.[Ni+2]. The van der Waals surface area contributed by atoms with Crippen LogP contribution in [0.5, 0.6) is 0 Å². The molecule has 17 heteroatoms. The van der Waals surface area contributed by atoms with Crippen LogP contribution in [0.25, 0.3) is 32.3 Å². The Balaban J connectivity index is 0.000000190. The predicted octanol–water partition coefficient (Wildman–Crippen LogP) is 19.9. The Morgan fingerprint density at radius 2 is 1.04 bits per heavy atom. The molecule has 0 aliphatic heterocycles. The van der Waals surface area contributed by atoms with E-state index in [0.717, 1.165) is 80.9 Å². The molecule has 3 aliphatic rings. The summed E-state index contributed by atoms with van der Waals surface area (Å²) >= 11 is 0. The molecule has 0 saturated heterocycles. The molecular weight excluding hydrogens is 1180 g/mol. The first-order chi connectivity index (χ1) is 43.4. The first-order valence-corrected chi connectivity index (χ1v) is 30.8. The van der Waals surface area contributed by atoms with Crippen LogP contribution < -0.4 is 0 Å². The van der Waals surface area contributed by atoms with Crippen LogP contribution in [-0.4, -0.2) is 57.3 Å². The van der Waals surface area contributed by atoms with E-state index >= 15 is 0 Å². The maximum Gasteiger partial charge on any atom is 2.00 e. The van der Waals surface area contributed by atoms with Crippen molar-refractivity contribution >= 4 is 62.7 Å². The molecule has 0 unspecified atom stereocenters. The summed E-state index contributed by atoms with van der Waals surface area (Å²) in [5.41, 5.74) is 23.4. The van der Waals surface area contributed by atoms with Gasteiger partial charge in [-0.25, -0.2) is 9.53 Å². The molecule has 0 spiro atoms. The zero-order chi connectivity index (χ0) is 64.7. The summed E-state index contributed by atoms with van der Waals surface area (Å²) < 4.78 is 3.94. The van der Waals surface area contributed by atoms with Gasteiger partial charge in [0.25, 0.3) is 5.69 Å². The van der Waals surface area contributed by atoms with Crippen LogP contribution in [-0.2, 0) is 23.0 Å². The number of hydrogen-bond donors (Lipinski definition) is 0. The fraction of sp³-hybridized carbons (Fsp3) is 0.297. The molecule has 0 radical (unpaired) electrons. The van der Waals surface area contributed by atoms with Gasteiger partial charge in [-0.15, -0.1) is 10.2 Å². The number of nitrogens with zero attached hydrogens (tertiary/aromatic N) is 14. The monoisotopic (exact) mass is 1260 g/mol. The number of rotatable bonds is 9. The van der Waals surface area contributed by atoms with E-state index in [2.05, 4.69) is 158 Å². The number of carbonyl (C=O) groups excluding carboxylic acids is 2. The molecule has 6 aromatic heterocycles. The van der Waals surface area contributed by atoms with Gasteiger partial charge in [-0.3, -0.25) is 29.8 Å². The molecule has 0 N–H and O–H groups in total. The summed E-state index contributed by atoms with van der Waals surface area (Å²) in [6.45, 7) is 35.5. The van der Waals surface area contributed by atoms with E-state index < -0.39 is 0 Å². The molecule has 3 aliphatic carbocycles. The third kappa shape index (κ3) is 19.7. The molecule has 16 nitrogen and oxygen atoms in total. The minimum atomic E-state index is -0.0580. The Morgan fingerprint density at radius 1 is 0.593 bits per heavy atom. The number of hydrogen-bond acceptors (Lipinski definition) is 11. The molecular formula is C74H82N14NiO2. The predicted molar refractivity (Wildman–Crippen MR) is 366 cm³/mol. The maximum absolute atomic E-state index is 11.9. The number of carbonyl (C=O) groups is 2. The van der Waals surface area contributed by atoms with Crippen molar-refractivity contribution in [1.82, 2.24) is 34.3 Å². The average molecular weight is 1260 g/mol. The summed E-state index contributed by atoms with van der Waals surface area (Å²) in [5, 5.41) is 22.9. The second-order valence-electron chi connectivity index (χ2n) is 22.8. The van der Waals surface area contributed by atoms with E-state index in [1.54, 1.807) is 41.4 Å². The number of aromatic nitrogens is 7. The molecule has 12 rings (SSSR count). The standard InChI is InChI=1S/C23H22N6.2C16H14N4O.C8H16.C8H10.C3H8.Ni/c1-5-14-28-17(3)22(19-8-6-7-9-21(19)28)26-27-23-20(24-4)15-25-29(23)18-12-10-16(2)11-13-18;2*1-10-9-12-14(21)7-6-13(16(12)18-11(10)2)19-20-15-5-3-4-8-17-15;2*1-7-3-5-8(2)6-4-7;1-3-2;/h6-13,15H,5,14H2,1-3H3;2*3-9H,1-2H3,(H,17,18,20,21);7-8H,3-6H2,1-2H3;3-6H,1-2H3;3H2,1-2H3;/q;;;;;;+2/p-2. The number of allylic oxidation sites excluding steroid dienone is 4. The molecule has 1 saturated carbocycles. The number of azo groups is 1. The summed E-state index contributed by atoms with van der Waals surface area (Å²) in [7, 11) is 0. The number of pyridine rings is 4. The van der Waals surface area contributed by atoms with Gasteiger partial charge in [0.2, 0.25) is 0 Å². The molecule has 0 bridgehead atoms. The van der Waals surface area contributed by atoms with Crippen LogP contribution in [0.2, 0.25) is 0 Å². The molecule has 1 fully saturated rings. The molecule has 9 aromatic rings. The van der Waals surface area contributed by atoms with Gasteiger partial charge in [0.05, 0.1) is 57.9 Å². The van der Waals surface area contributed by atoms with Gasteiger partial charge in [0.1, 0.15) is 5.69 Å². The number of para-hydroxylation sites is 1. The van der Waals surface area contributed by atoms with Gasteiger partial charge in [0.15, 0.2) is 17.4 Å². The van der Waals surface area contributed by atoms with Crippen LogP contribution >= 0.6 is 0 Å². The Hall–Kier alpha value is -9.65. The molecule has 91 heavy (non-hydrogen) atoms. The molecule has 0 amide bonds. The van der Waals surface area contributed by atoms with Gasteiger partial charge < -0.3 is 25.4 Å². The third-order valence-corrected chi connectivity index (χ3v) is 15.1. The number of ketones is 2. The molecule has 3 aromatic carbocycles. The third-order valence-electron chi connectivity index (χ3n) is 15.1. The second-order valence-corrected chi connectivity index (χ2v) is 22.8. The summed E-state index contributed by atoms with van der Waals surface area (Å²) in [5.74, 6) is 3.39. The van der Waals surface area contributed by atoms with Crippen molar-refractivity contribution < 1.29 is 26.1 Å². The Labute approximate surface area is 547 Å². The number of fused-ring (bicyclic) bond motifs is 3. The number of aryl methyl sites for hydroxylation is 8. The maximum atomic E-state index is 11.9. The van der Waals surface area contributed by atoms with Gasteiger partial charge >= 0.3 is 16.5 Å². The van der Waals surface area contributed by atoms with Crippen LogP contribution in [0.1, 0.15) is 150 Å².